The first-order valence-corrected chi connectivity index (χ1v) is 9.36. The van der Waals surface area contributed by atoms with Crippen LogP contribution in [-0.2, 0) is 10.0 Å². The lowest BCUT2D eigenvalue weighted by atomic mass is 10.1. The normalized spacial score (nSPS) is 11.5. The fourth-order valence-electron chi connectivity index (χ4n) is 2.91. The van der Waals surface area contributed by atoms with E-state index >= 15 is 0 Å². The molecule has 0 aliphatic heterocycles. The molecule has 4 aromatic rings. The highest BCUT2D eigenvalue weighted by Gasteiger charge is 2.18. The lowest BCUT2D eigenvalue weighted by Gasteiger charge is -2.14. The molecule has 0 radical (unpaired) electrons. The van der Waals surface area contributed by atoms with Crippen LogP contribution in [-0.4, -0.2) is 13.0 Å². The summed E-state index contributed by atoms with van der Waals surface area (Å²) in [5, 5.41) is 1.60. The third kappa shape index (κ3) is 2.90. The van der Waals surface area contributed by atoms with Gasteiger partial charge in [-0.1, -0.05) is 48.5 Å². The molecule has 1 N–H and O–H groups in total. The van der Waals surface area contributed by atoms with Crippen molar-refractivity contribution in [3.8, 4) is 5.69 Å². The summed E-state index contributed by atoms with van der Waals surface area (Å²) < 4.78 is 30.6. The number of fused-ring (bicyclic) bond motifs is 1. The van der Waals surface area contributed by atoms with Crippen molar-refractivity contribution in [1.29, 1.82) is 0 Å². The minimum atomic E-state index is -3.72. The maximum Gasteiger partial charge on any atom is 0.262 e. The summed E-state index contributed by atoms with van der Waals surface area (Å²) >= 11 is 0. The molecule has 1 heterocycles. The number of sulfonamides is 1. The Morgan fingerprint density at radius 1 is 0.720 bits per heavy atom. The number of hydrogen-bond acceptors (Lipinski definition) is 2. The molecule has 4 rings (SSSR count). The monoisotopic (exact) mass is 348 g/mol. The Morgan fingerprint density at radius 2 is 1.40 bits per heavy atom. The average Bonchev–Trinajstić information content (AvgIpc) is 3.16. The Labute approximate surface area is 146 Å². The van der Waals surface area contributed by atoms with Crippen LogP contribution in [0.25, 0.3) is 16.5 Å². The largest absolute Gasteiger partial charge is 0.322 e. The van der Waals surface area contributed by atoms with Crippen molar-refractivity contribution >= 4 is 26.5 Å². The van der Waals surface area contributed by atoms with E-state index in [0.29, 0.717) is 11.1 Å². The van der Waals surface area contributed by atoms with Gasteiger partial charge in [0.1, 0.15) is 0 Å². The number of para-hydroxylation sites is 2. The van der Waals surface area contributed by atoms with Crippen LogP contribution in [0.3, 0.4) is 0 Å². The molecule has 1 aromatic heterocycles. The van der Waals surface area contributed by atoms with E-state index in [0.717, 1.165) is 11.1 Å². The molecule has 0 spiro atoms. The van der Waals surface area contributed by atoms with E-state index in [2.05, 4.69) is 4.72 Å². The molecule has 0 amide bonds. The van der Waals surface area contributed by atoms with Gasteiger partial charge in [0.05, 0.1) is 16.3 Å². The molecular formula is C20H16N2O2S. The van der Waals surface area contributed by atoms with Crippen LogP contribution in [0.1, 0.15) is 0 Å². The first-order valence-electron chi connectivity index (χ1n) is 7.88. The molecule has 0 atom stereocenters. The fourth-order valence-corrected chi connectivity index (χ4v) is 4.22. The highest BCUT2D eigenvalue weighted by atomic mass is 32.2. The number of aromatic nitrogens is 1. The molecule has 0 bridgehead atoms. The zero-order valence-electron chi connectivity index (χ0n) is 13.3. The summed E-state index contributed by atoms with van der Waals surface area (Å²) in [6, 6.07) is 23.9. The molecule has 25 heavy (non-hydrogen) atoms. The first kappa shape index (κ1) is 15.5. The van der Waals surface area contributed by atoms with E-state index in [1.54, 1.807) is 18.2 Å². The highest BCUT2D eigenvalue weighted by Crippen LogP contribution is 2.27. The Hall–Kier alpha value is -3.05. The van der Waals surface area contributed by atoms with Crippen molar-refractivity contribution in [1.82, 2.24) is 4.57 Å². The van der Waals surface area contributed by atoms with E-state index in [1.807, 2.05) is 77.6 Å². The molecule has 0 saturated carbocycles. The van der Waals surface area contributed by atoms with Gasteiger partial charge in [-0.2, -0.15) is 0 Å². The number of benzene rings is 3. The predicted molar refractivity (Wildman–Crippen MR) is 101 cm³/mol. The molecule has 124 valence electrons. The van der Waals surface area contributed by atoms with Gasteiger partial charge in [0.2, 0.25) is 0 Å². The topological polar surface area (TPSA) is 51.1 Å². The van der Waals surface area contributed by atoms with Gasteiger partial charge in [0.25, 0.3) is 10.0 Å². The summed E-state index contributed by atoms with van der Waals surface area (Å²) in [5.41, 5.74) is 1.31. The maximum absolute atomic E-state index is 13.0. The zero-order valence-corrected chi connectivity index (χ0v) is 14.1. The van der Waals surface area contributed by atoms with Crippen LogP contribution >= 0.6 is 0 Å². The van der Waals surface area contributed by atoms with Gasteiger partial charge in [0.15, 0.2) is 0 Å². The molecule has 5 heteroatoms. The van der Waals surface area contributed by atoms with Crippen molar-refractivity contribution in [2.75, 3.05) is 4.72 Å². The summed E-state index contributed by atoms with van der Waals surface area (Å²) in [6.45, 7) is 0. The smallest absolute Gasteiger partial charge is 0.262 e. The van der Waals surface area contributed by atoms with Crippen molar-refractivity contribution in [2.24, 2.45) is 0 Å². The van der Waals surface area contributed by atoms with Crippen LogP contribution in [0.4, 0.5) is 5.69 Å². The van der Waals surface area contributed by atoms with E-state index in [1.165, 1.54) is 0 Å². The van der Waals surface area contributed by atoms with Gasteiger partial charge in [-0.15, -0.1) is 0 Å². The SMILES string of the molecule is O=S(=O)(Nc1ccccc1-n1cccc1)c1cccc2ccccc12. The lowest BCUT2D eigenvalue weighted by molar-refractivity contribution is 0.602. The lowest BCUT2D eigenvalue weighted by Crippen LogP contribution is -2.15. The van der Waals surface area contributed by atoms with Gasteiger partial charge in [-0.3, -0.25) is 4.72 Å². The number of hydrogen-bond donors (Lipinski definition) is 1. The highest BCUT2D eigenvalue weighted by molar-refractivity contribution is 7.93. The number of nitrogens with one attached hydrogen (secondary N) is 1. The maximum atomic E-state index is 13.0. The van der Waals surface area contributed by atoms with Crippen molar-refractivity contribution in [3.63, 3.8) is 0 Å². The third-order valence-corrected chi connectivity index (χ3v) is 5.49. The van der Waals surface area contributed by atoms with Crippen LogP contribution in [0.5, 0.6) is 0 Å². The van der Waals surface area contributed by atoms with Crippen molar-refractivity contribution in [2.45, 2.75) is 4.90 Å². The molecule has 0 aliphatic rings. The predicted octanol–water partition coefficient (Wildman–Crippen LogP) is 4.43. The van der Waals surface area contributed by atoms with E-state index in [4.69, 9.17) is 0 Å². The Bertz CT molecular complexity index is 1130. The Kier molecular flexibility index (Phi) is 3.78. The van der Waals surface area contributed by atoms with E-state index < -0.39 is 10.0 Å². The molecule has 0 fully saturated rings. The standard InChI is InChI=1S/C20H16N2O2S/c23-25(24,20-13-7-9-16-8-1-2-10-17(16)20)21-18-11-3-4-12-19(18)22-14-5-6-15-22/h1-15,21H. The van der Waals surface area contributed by atoms with Gasteiger partial charge >= 0.3 is 0 Å². The fraction of sp³-hybridized carbons (Fsp3) is 0. The van der Waals surface area contributed by atoms with E-state index in [-0.39, 0.29) is 4.90 Å². The average molecular weight is 348 g/mol. The van der Waals surface area contributed by atoms with Gasteiger partial charge in [0, 0.05) is 17.8 Å². The van der Waals surface area contributed by atoms with Gasteiger partial charge < -0.3 is 4.57 Å². The summed E-state index contributed by atoms with van der Waals surface area (Å²) in [5.74, 6) is 0. The summed E-state index contributed by atoms with van der Waals surface area (Å²) in [7, 11) is -3.72. The van der Waals surface area contributed by atoms with Crippen LogP contribution in [0, 0.1) is 0 Å². The van der Waals surface area contributed by atoms with Gasteiger partial charge in [-0.05, 0) is 35.7 Å². The Morgan fingerprint density at radius 3 is 2.24 bits per heavy atom. The second kappa shape index (κ2) is 6.11. The second-order valence-corrected chi connectivity index (χ2v) is 7.34. The molecule has 0 aliphatic carbocycles. The molecule has 3 aromatic carbocycles. The first-order chi connectivity index (χ1) is 12.1. The number of rotatable bonds is 4. The molecule has 0 unspecified atom stereocenters. The van der Waals surface area contributed by atoms with E-state index in [9.17, 15) is 8.42 Å². The van der Waals surface area contributed by atoms with Crippen LogP contribution < -0.4 is 4.72 Å². The van der Waals surface area contributed by atoms with Crippen LogP contribution in [0.2, 0.25) is 0 Å². The molecule has 0 saturated heterocycles. The summed E-state index contributed by atoms with van der Waals surface area (Å²) in [6.07, 6.45) is 3.76. The van der Waals surface area contributed by atoms with Crippen molar-refractivity contribution < 1.29 is 8.42 Å². The minimum Gasteiger partial charge on any atom is -0.322 e. The molecular weight excluding hydrogens is 332 g/mol. The Balaban J connectivity index is 1.81. The minimum absolute atomic E-state index is 0.271. The number of anilines is 1. The van der Waals surface area contributed by atoms with Crippen LogP contribution in [0.15, 0.2) is 96.2 Å². The van der Waals surface area contributed by atoms with Gasteiger partial charge in [-0.25, -0.2) is 8.42 Å². The zero-order chi connectivity index (χ0) is 17.3. The van der Waals surface area contributed by atoms with Crippen molar-refractivity contribution in [3.05, 3.63) is 91.3 Å². The second-order valence-electron chi connectivity index (χ2n) is 5.69. The number of nitrogens with zero attached hydrogens (tertiary/aromatic N) is 1. The third-order valence-electron chi connectivity index (χ3n) is 4.07. The molecule has 4 nitrogen and oxygen atoms in total. The summed E-state index contributed by atoms with van der Waals surface area (Å²) in [4.78, 5) is 0.271. The quantitative estimate of drug-likeness (QED) is 0.593.